The molecule has 0 bridgehead atoms. The molecule has 1 aromatic rings. The molecule has 0 saturated heterocycles. The van der Waals surface area contributed by atoms with Crippen molar-refractivity contribution in [1.29, 1.82) is 0 Å². The highest BCUT2D eigenvalue weighted by atomic mass is 35.5. The van der Waals surface area contributed by atoms with Crippen LogP contribution in [0.5, 0.6) is 0 Å². The van der Waals surface area contributed by atoms with Crippen LogP contribution < -0.4 is 11.3 Å². The van der Waals surface area contributed by atoms with E-state index in [1.807, 2.05) is 0 Å². The first-order chi connectivity index (χ1) is 7.22. The molecule has 1 unspecified atom stereocenters. The summed E-state index contributed by atoms with van der Waals surface area (Å²) in [5.74, 6) is 5.71. The first kappa shape index (κ1) is 10.9. The van der Waals surface area contributed by atoms with Gasteiger partial charge in [-0.25, -0.2) is 4.39 Å². The zero-order chi connectivity index (χ0) is 10.8. The summed E-state index contributed by atoms with van der Waals surface area (Å²) in [7, 11) is 0. The van der Waals surface area contributed by atoms with Crippen LogP contribution in [-0.2, 0) is 0 Å². The summed E-state index contributed by atoms with van der Waals surface area (Å²) >= 11 is 6.03. The molecule has 0 aromatic heterocycles. The maximum absolute atomic E-state index is 13.1. The number of hydrazine groups is 1. The Kier molecular flexibility index (Phi) is 3.24. The Labute approximate surface area is 93.6 Å². The Morgan fingerprint density at radius 3 is 2.73 bits per heavy atom. The minimum absolute atomic E-state index is 0.0260. The second kappa shape index (κ2) is 4.47. The minimum Gasteiger partial charge on any atom is -0.271 e. The van der Waals surface area contributed by atoms with Gasteiger partial charge in [0, 0.05) is 5.02 Å². The lowest BCUT2D eigenvalue weighted by atomic mass is 9.77. The van der Waals surface area contributed by atoms with Gasteiger partial charge in [0.15, 0.2) is 0 Å². The van der Waals surface area contributed by atoms with Gasteiger partial charge in [-0.15, -0.1) is 0 Å². The summed E-state index contributed by atoms with van der Waals surface area (Å²) in [6, 6.07) is 4.38. The van der Waals surface area contributed by atoms with Gasteiger partial charge in [0.1, 0.15) is 5.82 Å². The molecule has 2 rings (SSSR count). The Bertz CT molecular complexity index is 352. The van der Waals surface area contributed by atoms with E-state index in [1.165, 1.54) is 18.6 Å². The number of nitrogens with two attached hydrogens (primary N) is 1. The molecule has 1 fully saturated rings. The van der Waals surface area contributed by atoms with Gasteiger partial charge in [-0.1, -0.05) is 18.0 Å². The number of halogens is 2. The van der Waals surface area contributed by atoms with Crippen molar-refractivity contribution in [2.24, 2.45) is 11.8 Å². The van der Waals surface area contributed by atoms with E-state index in [1.54, 1.807) is 6.07 Å². The predicted octanol–water partition coefficient (Wildman–Crippen LogP) is 2.78. The smallest absolute Gasteiger partial charge is 0.123 e. The van der Waals surface area contributed by atoms with Crippen LogP contribution in [0.4, 0.5) is 4.39 Å². The van der Waals surface area contributed by atoms with Crippen molar-refractivity contribution in [2.75, 3.05) is 0 Å². The molecule has 0 radical (unpaired) electrons. The highest BCUT2D eigenvalue weighted by molar-refractivity contribution is 6.31. The van der Waals surface area contributed by atoms with E-state index in [-0.39, 0.29) is 11.9 Å². The quantitative estimate of drug-likeness (QED) is 0.617. The van der Waals surface area contributed by atoms with Crippen molar-refractivity contribution in [2.45, 2.75) is 25.3 Å². The van der Waals surface area contributed by atoms with Crippen molar-refractivity contribution >= 4 is 11.6 Å². The summed E-state index contributed by atoms with van der Waals surface area (Å²) < 4.78 is 13.1. The van der Waals surface area contributed by atoms with Crippen LogP contribution >= 0.6 is 11.6 Å². The second-order valence-electron chi connectivity index (χ2n) is 4.00. The van der Waals surface area contributed by atoms with Crippen LogP contribution in [0.15, 0.2) is 18.2 Å². The molecular weight excluding hydrogens is 215 g/mol. The molecule has 2 nitrogen and oxygen atoms in total. The van der Waals surface area contributed by atoms with Crippen molar-refractivity contribution in [3.63, 3.8) is 0 Å². The van der Waals surface area contributed by atoms with E-state index >= 15 is 0 Å². The molecular formula is C11H14ClFN2. The molecule has 1 aromatic carbocycles. The summed E-state index contributed by atoms with van der Waals surface area (Å²) in [4.78, 5) is 0. The molecule has 1 atom stereocenters. The number of rotatable bonds is 3. The Morgan fingerprint density at radius 1 is 1.47 bits per heavy atom. The van der Waals surface area contributed by atoms with E-state index in [0.29, 0.717) is 10.9 Å². The van der Waals surface area contributed by atoms with Crippen molar-refractivity contribution in [3.05, 3.63) is 34.6 Å². The lowest BCUT2D eigenvalue weighted by Crippen LogP contribution is -2.36. The molecule has 15 heavy (non-hydrogen) atoms. The van der Waals surface area contributed by atoms with Gasteiger partial charge >= 0.3 is 0 Å². The van der Waals surface area contributed by atoms with Crippen LogP contribution in [0.2, 0.25) is 5.02 Å². The van der Waals surface area contributed by atoms with Crippen LogP contribution in [0, 0.1) is 11.7 Å². The molecule has 3 N–H and O–H groups in total. The van der Waals surface area contributed by atoms with Crippen molar-refractivity contribution in [1.82, 2.24) is 5.43 Å². The SMILES string of the molecule is NNC(c1cc(F)ccc1Cl)C1CCC1. The summed E-state index contributed by atoms with van der Waals surface area (Å²) in [5, 5.41) is 0.575. The number of nitrogens with one attached hydrogen (secondary N) is 1. The van der Waals surface area contributed by atoms with E-state index in [2.05, 4.69) is 5.43 Å². The lowest BCUT2D eigenvalue weighted by molar-refractivity contribution is 0.232. The predicted molar refractivity (Wildman–Crippen MR) is 58.8 cm³/mol. The summed E-state index contributed by atoms with van der Waals surface area (Å²) in [5.41, 5.74) is 3.50. The van der Waals surface area contributed by atoms with E-state index in [9.17, 15) is 4.39 Å². The monoisotopic (exact) mass is 228 g/mol. The number of hydrogen-bond acceptors (Lipinski definition) is 2. The molecule has 0 spiro atoms. The Morgan fingerprint density at radius 2 is 2.20 bits per heavy atom. The van der Waals surface area contributed by atoms with Crippen LogP contribution in [-0.4, -0.2) is 0 Å². The minimum atomic E-state index is -0.269. The normalized spacial score (nSPS) is 18.6. The number of hydrogen-bond donors (Lipinski definition) is 2. The van der Waals surface area contributed by atoms with Gasteiger partial charge < -0.3 is 0 Å². The van der Waals surface area contributed by atoms with Crippen molar-refractivity contribution < 1.29 is 4.39 Å². The average Bonchev–Trinajstić information content (AvgIpc) is 2.15. The van der Waals surface area contributed by atoms with Crippen LogP contribution in [0.1, 0.15) is 30.9 Å². The molecule has 1 saturated carbocycles. The first-order valence-electron chi connectivity index (χ1n) is 5.13. The van der Waals surface area contributed by atoms with Gasteiger partial charge in [-0.3, -0.25) is 11.3 Å². The average molecular weight is 229 g/mol. The van der Waals surface area contributed by atoms with E-state index in [4.69, 9.17) is 17.4 Å². The fourth-order valence-electron chi connectivity index (χ4n) is 2.01. The first-order valence-corrected chi connectivity index (χ1v) is 5.51. The van der Waals surface area contributed by atoms with Crippen molar-refractivity contribution in [3.8, 4) is 0 Å². The molecule has 0 amide bonds. The van der Waals surface area contributed by atoms with Crippen LogP contribution in [0.3, 0.4) is 0 Å². The molecule has 82 valence electrons. The third-order valence-electron chi connectivity index (χ3n) is 3.09. The molecule has 1 aliphatic rings. The third-order valence-corrected chi connectivity index (χ3v) is 3.44. The largest absolute Gasteiger partial charge is 0.271 e. The topological polar surface area (TPSA) is 38.0 Å². The molecule has 1 aliphatic carbocycles. The molecule has 0 aliphatic heterocycles. The van der Waals surface area contributed by atoms with Gasteiger partial charge in [-0.05, 0) is 42.5 Å². The summed E-state index contributed by atoms with van der Waals surface area (Å²) in [6.45, 7) is 0. The standard InChI is InChI=1S/C11H14ClFN2/c12-10-5-4-8(13)6-9(10)11(15-14)7-2-1-3-7/h4-7,11,15H,1-3,14H2. The van der Waals surface area contributed by atoms with Gasteiger partial charge in [0.25, 0.3) is 0 Å². The Balaban J connectivity index is 2.28. The molecule has 0 heterocycles. The maximum atomic E-state index is 13.1. The van der Waals surface area contributed by atoms with Gasteiger partial charge in [-0.2, -0.15) is 0 Å². The van der Waals surface area contributed by atoms with E-state index < -0.39 is 0 Å². The maximum Gasteiger partial charge on any atom is 0.123 e. The van der Waals surface area contributed by atoms with Gasteiger partial charge in [0.05, 0.1) is 6.04 Å². The van der Waals surface area contributed by atoms with E-state index in [0.717, 1.165) is 18.4 Å². The zero-order valence-electron chi connectivity index (χ0n) is 8.34. The third kappa shape index (κ3) is 2.14. The Hall–Kier alpha value is -0.640. The zero-order valence-corrected chi connectivity index (χ0v) is 9.10. The highest BCUT2D eigenvalue weighted by Gasteiger charge is 2.29. The lowest BCUT2D eigenvalue weighted by Gasteiger charge is -2.34. The fourth-order valence-corrected chi connectivity index (χ4v) is 2.24. The fraction of sp³-hybridized carbons (Fsp3) is 0.455. The molecule has 4 heteroatoms. The summed E-state index contributed by atoms with van der Waals surface area (Å²) in [6.07, 6.45) is 3.47. The second-order valence-corrected chi connectivity index (χ2v) is 4.41. The highest BCUT2D eigenvalue weighted by Crippen LogP contribution is 2.39. The number of benzene rings is 1. The van der Waals surface area contributed by atoms with Crippen LogP contribution in [0.25, 0.3) is 0 Å². The van der Waals surface area contributed by atoms with Gasteiger partial charge in [0.2, 0.25) is 0 Å².